The molecule has 3 aromatic rings. The predicted molar refractivity (Wildman–Crippen MR) is 236 cm³/mol. The van der Waals surface area contributed by atoms with Crippen molar-refractivity contribution in [1.29, 1.82) is 0 Å². The van der Waals surface area contributed by atoms with Gasteiger partial charge in [-0.1, -0.05) is 0 Å². The first-order valence-corrected chi connectivity index (χ1v) is 35.3. The molecule has 0 N–H and O–H groups in total. The van der Waals surface area contributed by atoms with E-state index < -0.39 is 36.8 Å². The monoisotopic (exact) mass is 942 g/mol. The van der Waals surface area contributed by atoms with Gasteiger partial charge < -0.3 is 0 Å². The van der Waals surface area contributed by atoms with E-state index in [0.717, 1.165) is 36.8 Å². The summed E-state index contributed by atoms with van der Waals surface area (Å²) in [4.78, 5) is 0. The molecule has 3 rings (SSSR count). The first-order chi connectivity index (χ1) is 23.6. The third-order valence-electron chi connectivity index (χ3n) is 13.0. The second kappa shape index (κ2) is 19.8. The molecule has 6 heteroatoms. The molecular formula is C44H78O2S2Sn2. The van der Waals surface area contributed by atoms with Gasteiger partial charge in [-0.05, 0) is 0 Å². The van der Waals surface area contributed by atoms with Crippen LogP contribution in [0.2, 0.25) is 23.6 Å². The predicted octanol–water partition coefficient (Wildman–Crippen LogP) is 15.1. The van der Waals surface area contributed by atoms with Gasteiger partial charge >= 0.3 is 329 Å². The summed E-state index contributed by atoms with van der Waals surface area (Å²) in [6, 6.07) is 5.34. The van der Waals surface area contributed by atoms with Crippen LogP contribution in [0.25, 0.3) is 20.2 Å². The van der Waals surface area contributed by atoms with Crippen molar-refractivity contribution >= 4 is 85.4 Å². The van der Waals surface area contributed by atoms with Crippen LogP contribution in [-0.2, 0) is 0 Å². The quantitative estimate of drug-likeness (QED) is 0.0935. The summed E-state index contributed by atoms with van der Waals surface area (Å²) >= 11 is -1.55. The zero-order chi connectivity index (χ0) is 37.6. The van der Waals surface area contributed by atoms with Crippen molar-refractivity contribution in [1.82, 2.24) is 0 Å². The third-order valence-corrected chi connectivity index (χ3v) is 59.8. The van der Waals surface area contributed by atoms with Crippen molar-refractivity contribution in [2.45, 2.75) is 186 Å². The Balaban J connectivity index is 2.50. The second-order valence-electron chi connectivity index (χ2n) is 17.6. The van der Waals surface area contributed by atoms with Gasteiger partial charge in [-0.25, -0.2) is 0 Å². The van der Waals surface area contributed by atoms with Crippen LogP contribution in [0.5, 0.6) is 11.5 Å². The van der Waals surface area contributed by atoms with Gasteiger partial charge in [0.2, 0.25) is 0 Å². The molecule has 2 heterocycles. The number of ether oxygens (including phenoxy) is 2. The van der Waals surface area contributed by atoms with Crippen LogP contribution in [0, 0.1) is 11.8 Å². The zero-order valence-corrected chi connectivity index (χ0v) is 42.8. The van der Waals surface area contributed by atoms with Gasteiger partial charge in [0, 0.05) is 0 Å². The summed E-state index contributed by atoms with van der Waals surface area (Å²) in [5, 5.41) is 2.71. The molecule has 2 nitrogen and oxygen atoms in total. The molecule has 0 aliphatic heterocycles. The topological polar surface area (TPSA) is 18.5 Å². The van der Waals surface area contributed by atoms with Crippen molar-refractivity contribution in [2.75, 3.05) is 13.2 Å². The van der Waals surface area contributed by atoms with E-state index >= 15 is 0 Å². The summed E-state index contributed by atoms with van der Waals surface area (Å²) in [6.45, 7) is 41.4. The molecule has 1 aromatic carbocycles. The summed E-state index contributed by atoms with van der Waals surface area (Å²) in [7, 11) is 0. The Labute approximate surface area is 326 Å². The third kappa shape index (κ3) is 8.90. The molecule has 2 atom stereocenters. The average molecular weight is 941 g/mol. The van der Waals surface area contributed by atoms with E-state index in [9.17, 15) is 0 Å². The standard InChI is InChI=1S/C26H36O2S2.6C3H7.2Sn/c1-5-9-11-19(7-3)17-27-23-21-13-15-30-26(21)24(22-14-16-29-25(22)23)28-18-20(8-4)12-10-6-2;6*1-3-2;;/h13-14,19-20H,5-12,17-18H2,1-4H3;6*3H,1-2H3;;. The van der Waals surface area contributed by atoms with Crippen LogP contribution in [0.1, 0.15) is 162 Å². The molecule has 0 amide bonds. The van der Waals surface area contributed by atoms with Crippen molar-refractivity contribution < 1.29 is 9.47 Å². The zero-order valence-electron chi connectivity index (χ0n) is 35.5. The van der Waals surface area contributed by atoms with Gasteiger partial charge in [0.05, 0.1) is 0 Å². The Morgan fingerprint density at radius 1 is 0.500 bits per heavy atom. The molecule has 0 radical (unpaired) electrons. The van der Waals surface area contributed by atoms with E-state index in [1.54, 1.807) is 5.79 Å². The van der Waals surface area contributed by atoms with Gasteiger partial charge in [0.1, 0.15) is 0 Å². The van der Waals surface area contributed by atoms with Gasteiger partial charge in [-0.3, -0.25) is 0 Å². The van der Waals surface area contributed by atoms with Gasteiger partial charge in [0.25, 0.3) is 0 Å². The average Bonchev–Trinajstić information content (AvgIpc) is 3.66. The molecule has 286 valence electrons. The molecule has 0 saturated carbocycles. The molecule has 2 aromatic heterocycles. The van der Waals surface area contributed by atoms with Crippen LogP contribution in [0.4, 0.5) is 0 Å². The fourth-order valence-corrected chi connectivity index (χ4v) is 61.6. The fourth-order valence-electron chi connectivity index (χ4n) is 10.3. The van der Waals surface area contributed by atoms with E-state index in [2.05, 4.69) is 146 Å². The number of hydrogen-bond donors (Lipinski definition) is 0. The second-order valence-corrected chi connectivity index (χ2v) is 55.3. The summed E-state index contributed by atoms with van der Waals surface area (Å²) in [6.07, 6.45) is 9.92. The summed E-state index contributed by atoms with van der Waals surface area (Å²) in [5.74, 6) is 3.56. The van der Waals surface area contributed by atoms with E-state index in [4.69, 9.17) is 9.47 Å². The van der Waals surface area contributed by atoms with E-state index in [1.807, 2.05) is 0 Å². The SMILES string of the molecule is CCCCC(CC)COc1c2c[c]([Sn]([CH](C)C)([CH](C)C)[CH](C)C)sc2c(OCC(CC)CCCC)c2c[c]([Sn]([CH](C)C)([CH](C)C)[CH](C)C)sc12. The minimum absolute atomic E-state index is 0.595. The molecule has 0 spiro atoms. The van der Waals surface area contributed by atoms with Crippen molar-refractivity contribution in [3.8, 4) is 11.5 Å². The number of thiophene rings is 2. The first kappa shape index (κ1) is 44.7. The van der Waals surface area contributed by atoms with Crippen LogP contribution in [0.15, 0.2) is 12.1 Å². The van der Waals surface area contributed by atoms with Crippen LogP contribution in [0.3, 0.4) is 0 Å². The number of benzene rings is 1. The van der Waals surface area contributed by atoms with E-state index in [0.29, 0.717) is 11.8 Å². The molecule has 50 heavy (non-hydrogen) atoms. The molecule has 0 fully saturated rings. The molecule has 0 saturated heterocycles. The number of fused-ring (bicyclic) bond motifs is 2. The molecule has 0 aliphatic carbocycles. The van der Waals surface area contributed by atoms with Gasteiger partial charge in [-0.2, -0.15) is 0 Å². The van der Waals surface area contributed by atoms with Crippen molar-refractivity contribution in [3.05, 3.63) is 12.1 Å². The van der Waals surface area contributed by atoms with E-state index in [-0.39, 0.29) is 0 Å². The summed E-state index contributed by atoms with van der Waals surface area (Å²) < 4.78 is 25.1. The van der Waals surface area contributed by atoms with Crippen LogP contribution < -0.4 is 15.3 Å². The molecular weight excluding hydrogens is 862 g/mol. The van der Waals surface area contributed by atoms with Gasteiger partial charge in [-0.15, -0.1) is 0 Å². The van der Waals surface area contributed by atoms with Crippen molar-refractivity contribution in [3.63, 3.8) is 0 Å². The molecule has 2 unspecified atom stereocenters. The Morgan fingerprint density at radius 3 is 1.04 bits per heavy atom. The molecule has 0 bridgehead atoms. The Kier molecular flexibility index (Phi) is 17.7. The van der Waals surface area contributed by atoms with Gasteiger partial charge in [0.15, 0.2) is 0 Å². The molecule has 0 aliphatic rings. The van der Waals surface area contributed by atoms with E-state index in [1.165, 1.54) is 83.0 Å². The van der Waals surface area contributed by atoms with Crippen molar-refractivity contribution in [2.24, 2.45) is 11.8 Å². The number of rotatable bonds is 22. The maximum absolute atomic E-state index is 7.26. The Hall–Kier alpha value is 0.337. The first-order valence-electron chi connectivity index (χ1n) is 20.9. The Bertz CT molecular complexity index is 1260. The number of hydrogen-bond acceptors (Lipinski definition) is 4. The van der Waals surface area contributed by atoms with Crippen LogP contribution >= 0.6 is 22.7 Å². The minimum atomic E-state index is -2.90. The summed E-state index contributed by atoms with van der Waals surface area (Å²) in [5.41, 5.74) is 0. The normalized spacial score (nSPS) is 14.5. The maximum atomic E-state index is 7.26. The number of unbranched alkanes of at least 4 members (excludes halogenated alkanes) is 2. The van der Waals surface area contributed by atoms with Crippen LogP contribution in [-0.4, -0.2) is 50.0 Å². The fraction of sp³-hybridized carbons (Fsp3) is 0.773. The Morgan fingerprint density at radius 2 is 0.800 bits per heavy atom.